The number of carbonyl (C=O) groups excluding carboxylic acids is 1. The molecule has 0 N–H and O–H groups in total. The number of benzene rings is 1. The predicted molar refractivity (Wildman–Crippen MR) is 86.6 cm³/mol. The summed E-state index contributed by atoms with van der Waals surface area (Å²) in [6.45, 7) is 4.09. The van der Waals surface area contributed by atoms with Crippen molar-refractivity contribution in [3.63, 3.8) is 0 Å². The van der Waals surface area contributed by atoms with Crippen LogP contribution in [0.1, 0.15) is 36.0 Å². The van der Waals surface area contributed by atoms with Gasteiger partial charge >= 0.3 is 0 Å². The predicted octanol–water partition coefficient (Wildman–Crippen LogP) is 3.97. The van der Waals surface area contributed by atoms with E-state index in [1.54, 1.807) is 26.4 Å². The lowest BCUT2D eigenvalue weighted by Crippen LogP contribution is -2.10. The normalized spacial score (nSPS) is 24.1. The van der Waals surface area contributed by atoms with Crippen molar-refractivity contribution in [2.75, 3.05) is 14.2 Å². The van der Waals surface area contributed by atoms with Gasteiger partial charge in [-0.1, -0.05) is 12.2 Å². The molecule has 4 nitrogen and oxygen atoms in total. The summed E-state index contributed by atoms with van der Waals surface area (Å²) in [5.41, 5.74) is 2.55. The minimum absolute atomic E-state index is 0.117. The first-order valence-corrected chi connectivity index (χ1v) is 7.62. The monoisotopic (exact) mass is 299 g/mol. The molecule has 1 fully saturated rings. The Balaban J connectivity index is 2.04. The Labute approximate surface area is 130 Å². The van der Waals surface area contributed by atoms with Crippen LogP contribution in [-0.2, 0) is 0 Å². The molecule has 1 aromatic carbocycles. The van der Waals surface area contributed by atoms with Crippen molar-refractivity contribution in [2.24, 2.45) is 16.8 Å². The second-order valence-electron chi connectivity index (χ2n) is 6.05. The molecule has 0 spiro atoms. The standard InChI is InChI=1S/C18H21NO3/c1-11-6-12-4-5-16(20)14-8-17(21-2)18(22-3)9-15(14)19-10-13(12)7-11/h8-10,12-13H,1,4-7H2,2-3H3. The Hall–Kier alpha value is -2.10. The van der Waals surface area contributed by atoms with Gasteiger partial charge in [-0.25, -0.2) is 0 Å². The molecule has 1 aliphatic carbocycles. The van der Waals surface area contributed by atoms with Gasteiger partial charge in [0.15, 0.2) is 17.3 Å². The van der Waals surface area contributed by atoms with Crippen LogP contribution in [0.4, 0.5) is 5.69 Å². The highest BCUT2D eigenvalue weighted by Crippen LogP contribution is 2.41. The quantitative estimate of drug-likeness (QED) is 0.776. The zero-order valence-corrected chi connectivity index (χ0v) is 13.1. The first-order chi connectivity index (χ1) is 10.6. The van der Waals surface area contributed by atoms with Crippen molar-refractivity contribution in [3.05, 3.63) is 29.8 Å². The van der Waals surface area contributed by atoms with Gasteiger partial charge in [0.25, 0.3) is 0 Å². The second kappa shape index (κ2) is 5.95. The molecule has 116 valence electrons. The Morgan fingerprint density at radius 3 is 2.64 bits per heavy atom. The SMILES string of the molecule is C=C1CC2C=Nc3cc(OC)c(OC)cc3C(=O)CCC2C1. The number of allylic oxidation sites excluding steroid dienone is 1. The Kier molecular flexibility index (Phi) is 4.01. The summed E-state index contributed by atoms with van der Waals surface area (Å²) >= 11 is 0. The number of hydrogen-bond donors (Lipinski definition) is 0. The van der Waals surface area contributed by atoms with Crippen LogP contribution in [0.15, 0.2) is 29.3 Å². The fraction of sp³-hybridized carbons (Fsp3) is 0.444. The van der Waals surface area contributed by atoms with Gasteiger partial charge in [0.1, 0.15) is 0 Å². The number of ether oxygens (including phenoxy) is 2. The number of hydrogen-bond acceptors (Lipinski definition) is 4. The van der Waals surface area contributed by atoms with Crippen LogP contribution in [0.5, 0.6) is 11.5 Å². The van der Waals surface area contributed by atoms with Crippen molar-refractivity contribution in [1.82, 2.24) is 0 Å². The summed E-state index contributed by atoms with van der Waals surface area (Å²) in [5.74, 6) is 2.15. The molecule has 0 radical (unpaired) electrons. The van der Waals surface area contributed by atoms with Crippen molar-refractivity contribution < 1.29 is 14.3 Å². The largest absolute Gasteiger partial charge is 0.493 e. The van der Waals surface area contributed by atoms with Crippen molar-refractivity contribution in [2.45, 2.75) is 25.7 Å². The van der Waals surface area contributed by atoms with Crippen molar-refractivity contribution in [3.8, 4) is 11.5 Å². The number of ketones is 1. The second-order valence-corrected chi connectivity index (χ2v) is 6.05. The molecule has 0 amide bonds. The summed E-state index contributed by atoms with van der Waals surface area (Å²) < 4.78 is 10.6. The minimum atomic E-state index is 0.117. The van der Waals surface area contributed by atoms with Gasteiger partial charge in [-0.2, -0.15) is 0 Å². The molecule has 1 aromatic rings. The smallest absolute Gasteiger partial charge is 0.165 e. The molecule has 2 aliphatic rings. The van der Waals surface area contributed by atoms with E-state index in [-0.39, 0.29) is 5.78 Å². The molecule has 0 aromatic heterocycles. The van der Waals surface area contributed by atoms with Crippen LogP contribution >= 0.6 is 0 Å². The van der Waals surface area contributed by atoms with Gasteiger partial charge in [0.05, 0.1) is 19.9 Å². The van der Waals surface area contributed by atoms with Crippen LogP contribution in [0.2, 0.25) is 0 Å². The van der Waals surface area contributed by atoms with Crippen LogP contribution in [0.25, 0.3) is 0 Å². The summed E-state index contributed by atoms with van der Waals surface area (Å²) in [6.07, 6.45) is 5.41. The Morgan fingerprint density at radius 1 is 1.18 bits per heavy atom. The molecule has 1 aliphatic heterocycles. The average molecular weight is 299 g/mol. The fourth-order valence-electron chi connectivity index (χ4n) is 3.42. The third-order valence-electron chi connectivity index (χ3n) is 4.63. The van der Waals surface area contributed by atoms with E-state index < -0.39 is 0 Å². The molecule has 22 heavy (non-hydrogen) atoms. The molecule has 1 heterocycles. The molecule has 2 unspecified atom stereocenters. The zero-order valence-electron chi connectivity index (χ0n) is 13.1. The molecular weight excluding hydrogens is 278 g/mol. The number of nitrogens with zero attached hydrogens (tertiary/aromatic N) is 1. The van der Waals surface area contributed by atoms with Crippen molar-refractivity contribution >= 4 is 17.7 Å². The van der Waals surface area contributed by atoms with E-state index in [1.165, 1.54) is 5.57 Å². The fourth-order valence-corrected chi connectivity index (χ4v) is 3.42. The van der Waals surface area contributed by atoms with E-state index in [9.17, 15) is 4.79 Å². The van der Waals surface area contributed by atoms with E-state index in [0.29, 0.717) is 41.0 Å². The maximum Gasteiger partial charge on any atom is 0.165 e. The van der Waals surface area contributed by atoms with Crippen molar-refractivity contribution in [1.29, 1.82) is 0 Å². The van der Waals surface area contributed by atoms with Crippen LogP contribution in [0.3, 0.4) is 0 Å². The molecule has 1 saturated carbocycles. The van der Waals surface area contributed by atoms with Gasteiger partial charge in [-0.05, 0) is 31.2 Å². The number of Topliss-reactive ketones (excluding diaryl/α,β-unsaturated/α-hetero) is 1. The number of rotatable bonds is 2. The van der Waals surface area contributed by atoms with Gasteiger partial charge in [0.2, 0.25) is 0 Å². The number of aliphatic imine (C=N–C) groups is 1. The molecule has 3 rings (SSSR count). The summed E-state index contributed by atoms with van der Waals surface area (Å²) in [5, 5.41) is 0. The number of carbonyl (C=O) groups is 1. The molecule has 2 atom stereocenters. The summed E-state index contributed by atoms with van der Waals surface area (Å²) in [4.78, 5) is 17.2. The van der Waals surface area contributed by atoms with E-state index in [4.69, 9.17) is 9.47 Å². The minimum Gasteiger partial charge on any atom is -0.493 e. The highest BCUT2D eigenvalue weighted by molar-refractivity contribution is 6.02. The van der Waals surface area contributed by atoms with E-state index >= 15 is 0 Å². The molecule has 0 saturated heterocycles. The van der Waals surface area contributed by atoms with Crippen LogP contribution in [-0.4, -0.2) is 26.2 Å². The lowest BCUT2D eigenvalue weighted by molar-refractivity contribution is 0.0973. The lowest BCUT2D eigenvalue weighted by Gasteiger charge is -2.13. The highest BCUT2D eigenvalue weighted by Gasteiger charge is 2.30. The van der Waals surface area contributed by atoms with E-state index in [1.807, 2.05) is 6.21 Å². The topological polar surface area (TPSA) is 47.9 Å². The number of fused-ring (bicyclic) bond motifs is 2. The number of methoxy groups -OCH3 is 2. The highest BCUT2D eigenvalue weighted by atomic mass is 16.5. The Morgan fingerprint density at radius 2 is 1.91 bits per heavy atom. The maximum atomic E-state index is 12.6. The maximum absolute atomic E-state index is 12.6. The molecule has 0 bridgehead atoms. The van der Waals surface area contributed by atoms with Gasteiger partial charge < -0.3 is 9.47 Å². The summed E-state index contributed by atoms with van der Waals surface area (Å²) in [7, 11) is 3.16. The average Bonchev–Trinajstić information content (AvgIpc) is 2.90. The van der Waals surface area contributed by atoms with Gasteiger partial charge in [-0.3, -0.25) is 9.79 Å². The third-order valence-corrected chi connectivity index (χ3v) is 4.63. The molecular formula is C18H21NO3. The first kappa shape index (κ1) is 14.8. The Bertz CT molecular complexity index is 648. The lowest BCUT2D eigenvalue weighted by atomic mass is 9.91. The van der Waals surface area contributed by atoms with Crippen LogP contribution < -0.4 is 9.47 Å². The van der Waals surface area contributed by atoms with Crippen LogP contribution in [0, 0.1) is 11.8 Å². The summed E-state index contributed by atoms with van der Waals surface area (Å²) in [6, 6.07) is 3.53. The van der Waals surface area contributed by atoms with E-state index in [2.05, 4.69) is 11.6 Å². The first-order valence-electron chi connectivity index (χ1n) is 7.62. The van der Waals surface area contributed by atoms with E-state index in [0.717, 1.165) is 19.3 Å². The van der Waals surface area contributed by atoms with Gasteiger partial charge in [0, 0.05) is 30.2 Å². The zero-order chi connectivity index (χ0) is 15.7. The van der Waals surface area contributed by atoms with Gasteiger partial charge in [-0.15, -0.1) is 0 Å². The third kappa shape index (κ3) is 2.65. The molecule has 4 heteroatoms.